The van der Waals surface area contributed by atoms with E-state index < -0.39 is 0 Å². The lowest BCUT2D eigenvalue weighted by Gasteiger charge is -2.15. The molecule has 1 aromatic carbocycles. The molecular weight excluding hydrogens is 160 g/mol. The van der Waals surface area contributed by atoms with Crippen LogP contribution in [0.15, 0.2) is 24.3 Å². The Hall–Kier alpha value is -0.980. The summed E-state index contributed by atoms with van der Waals surface area (Å²) >= 11 is 0. The highest BCUT2D eigenvalue weighted by Gasteiger charge is 2.10. The maximum Gasteiger partial charge on any atom is 0.119 e. The number of aromatic hydroxyl groups is 1. The number of benzene rings is 1. The standard InChI is InChI=1S/C12H18O/c1-9(2)8-10(3)11-6-4-5-7-12(11)13/h4-7,9-10,13H,8H2,1-3H3. The molecule has 0 aliphatic rings. The summed E-state index contributed by atoms with van der Waals surface area (Å²) in [4.78, 5) is 0. The van der Waals surface area contributed by atoms with Gasteiger partial charge in [-0.1, -0.05) is 39.0 Å². The van der Waals surface area contributed by atoms with Crippen LogP contribution in [-0.2, 0) is 0 Å². The molecule has 72 valence electrons. The molecule has 1 heteroatoms. The molecule has 1 atom stereocenters. The Morgan fingerprint density at radius 1 is 1.15 bits per heavy atom. The van der Waals surface area contributed by atoms with E-state index in [0.29, 0.717) is 17.6 Å². The predicted molar refractivity (Wildman–Crippen MR) is 56.0 cm³/mol. The van der Waals surface area contributed by atoms with E-state index in [4.69, 9.17) is 0 Å². The Morgan fingerprint density at radius 2 is 1.77 bits per heavy atom. The van der Waals surface area contributed by atoms with Crippen molar-refractivity contribution in [3.63, 3.8) is 0 Å². The van der Waals surface area contributed by atoms with Crippen LogP contribution in [0.3, 0.4) is 0 Å². The van der Waals surface area contributed by atoms with Gasteiger partial charge in [-0.05, 0) is 29.9 Å². The minimum atomic E-state index is 0.427. The number of hydrogen-bond acceptors (Lipinski definition) is 1. The highest BCUT2D eigenvalue weighted by atomic mass is 16.3. The van der Waals surface area contributed by atoms with Gasteiger partial charge in [0.15, 0.2) is 0 Å². The second kappa shape index (κ2) is 4.31. The summed E-state index contributed by atoms with van der Waals surface area (Å²) in [5.74, 6) is 1.55. The molecule has 1 aromatic rings. The van der Waals surface area contributed by atoms with Crippen molar-refractivity contribution in [2.45, 2.75) is 33.1 Å². The summed E-state index contributed by atoms with van der Waals surface area (Å²) in [7, 11) is 0. The average Bonchev–Trinajstić information content (AvgIpc) is 2.03. The average molecular weight is 178 g/mol. The fourth-order valence-electron chi connectivity index (χ4n) is 1.74. The Balaban J connectivity index is 2.76. The van der Waals surface area contributed by atoms with E-state index in [9.17, 15) is 5.11 Å². The largest absolute Gasteiger partial charge is 0.508 e. The number of para-hydroxylation sites is 1. The zero-order valence-corrected chi connectivity index (χ0v) is 8.62. The SMILES string of the molecule is CC(C)CC(C)c1ccccc1O. The zero-order chi connectivity index (χ0) is 9.84. The molecule has 0 bridgehead atoms. The lowest BCUT2D eigenvalue weighted by Crippen LogP contribution is -1.98. The van der Waals surface area contributed by atoms with E-state index in [0.717, 1.165) is 12.0 Å². The molecule has 0 saturated carbocycles. The Morgan fingerprint density at radius 3 is 2.31 bits per heavy atom. The highest BCUT2D eigenvalue weighted by Crippen LogP contribution is 2.29. The third-order valence-corrected chi connectivity index (χ3v) is 2.29. The second-order valence-corrected chi connectivity index (χ2v) is 4.09. The number of rotatable bonds is 3. The van der Waals surface area contributed by atoms with Gasteiger partial charge in [0.05, 0.1) is 0 Å². The monoisotopic (exact) mass is 178 g/mol. The predicted octanol–water partition coefficient (Wildman–Crippen LogP) is 3.54. The third-order valence-electron chi connectivity index (χ3n) is 2.29. The quantitative estimate of drug-likeness (QED) is 0.750. The molecule has 0 radical (unpaired) electrons. The smallest absolute Gasteiger partial charge is 0.119 e. The first-order valence-electron chi connectivity index (χ1n) is 4.89. The summed E-state index contributed by atoms with van der Waals surface area (Å²) in [5.41, 5.74) is 1.07. The molecule has 0 saturated heterocycles. The van der Waals surface area contributed by atoms with E-state index in [1.54, 1.807) is 6.07 Å². The minimum Gasteiger partial charge on any atom is -0.508 e. The molecule has 1 rings (SSSR count). The van der Waals surface area contributed by atoms with Crippen molar-refractivity contribution in [1.29, 1.82) is 0 Å². The molecule has 0 aromatic heterocycles. The summed E-state index contributed by atoms with van der Waals surface area (Å²) < 4.78 is 0. The molecular formula is C12H18O. The molecule has 0 aliphatic heterocycles. The third kappa shape index (κ3) is 2.76. The van der Waals surface area contributed by atoms with Crippen molar-refractivity contribution in [2.75, 3.05) is 0 Å². The van der Waals surface area contributed by atoms with Crippen molar-refractivity contribution >= 4 is 0 Å². The van der Waals surface area contributed by atoms with E-state index in [1.165, 1.54) is 0 Å². The summed E-state index contributed by atoms with van der Waals surface area (Å²) in [6, 6.07) is 7.60. The first-order chi connectivity index (χ1) is 6.11. The number of phenolic OH excluding ortho intramolecular Hbond substituents is 1. The van der Waals surface area contributed by atoms with Crippen LogP contribution in [0.4, 0.5) is 0 Å². The van der Waals surface area contributed by atoms with Crippen molar-refractivity contribution in [2.24, 2.45) is 5.92 Å². The van der Waals surface area contributed by atoms with Crippen molar-refractivity contribution < 1.29 is 5.11 Å². The second-order valence-electron chi connectivity index (χ2n) is 4.09. The van der Waals surface area contributed by atoms with Crippen molar-refractivity contribution in [1.82, 2.24) is 0 Å². The van der Waals surface area contributed by atoms with E-state index in [2.05, 4.69) is 20.8 Å². The van der Waals surface area contributed by atoms with Gasteiger partial charge in [-0.3, -0.25) is 0 Å². The van der Waals surface area contributed by atoms with E-state index in [1.807, 2.05) is 18.2 Å². The molecule has 1 nitrogen and oxygen atoms in total. The van der Waals surface area contributed by atoms with Crippen molar-refractivity contribution in [3.8, 4) is 5.75 Å². The van der Waals surface area contributed by atoms with Crippen LogP contribution in [0.2, 0.25) is 0 Å². The fourth-order valence-corrected chi connectivity index (χ4v) is 1.74. The van der Waals surface area contributed by atoms with Crippen LogP contribution in [-0.4, -0.2) is 5.11 Å². The molecule has 1 unspecified atom stereocenters. The van der Waals surface area contributed by atoms with E-state index in [-0.39, 0.29) is 0 Å². The van der Waals surface area contributed by atoms with Crippen LogP contribution in [0, 0.1) is 5.92 Å². The highest BCUT2D eigenvalue weighted by molar-refractivity contribution is 5.34. The van der Waals surface area contributed by atoms with Gasteiger partial charge in [0.25, 0.3) is 0 Å². The number of hydrogen-bond donors (Lipinski definition) is 1. The fraction of sp³-hybridized carbons (Fsp3) is 0.500. The topological polar surface area (TPSA) is 20.2 Å². The Kier molecular flexibility index (Phi) is 3.35. The lowest BCUT2D eigenvalue weighted by molar-refractivity contribution is 0.450. The van der Waals surface area contributed by atoms with Gasteiger partial charge in [-0.2, -0.15) is 0 Å². The van der Waals surface area contributed by atoms with Crippen LogP contribution in [0.5, 0.6) is 5.75 Å². The van der Waals surface area contributed by atoms with Gasteiger partial charge in [0, 0.05) is 0 Å². The lowest BCUT2D eigenvalue weighted by atomic mass is 9.91. The maximum atomic E-state index is 9.59. The van der Waals surface area contributed by atoms with Gasteiger partial charge >= 0.3 is 0 Å². The maximum absolute atomic E-state index is 9.59. The van der Waals surface area contributed by atoms with Crippen molar-refractivity contribution in [3.05, 3.63) is 29.8 Å². The van der Waals surface area contributed by atoms with E-state index >= 15 is 0 Å². The summed E-state index contributed by atoms with van der Waals surface area (Å²) in [6.07, 6.45) is 1.12. The van der Waals surface area contributed by atoms with Crippen LogP contribution in [0.25, 0.3) is 0 Å². The molecule has 0 spiro atoms. The molecule has 13 heavy (non-hydrogen) atoms. The van der Waals surface area contributed by atoms with Crippen LogP contribution >= 0.6 is 0 Å². The van der Waals surface area contributed by atoms with Gasteiger partial charge in [-0.25, -0.2) is 0 Å². The molecule has 0 aliphatic carbocycles. The molecule has 0 amide bonds. The van der Waals surface area contributed by atoms with Crippen LogP contribution in [0.1, 0.15) is 38.7 Å². The Labute approximate surface area is 80.4 Å². The normalized spacial score (nSPS) is 13.2. The molecule has 1 N–H and O–H groups in total. The van der Waals surface area contributed by atoms with Gasteiger partial charge in [-0.15, -0.1) is 0 Å². The zero-order valence-electron chi connectivity index (χ0n) is 8.62. The molecule has 0 fully saturated rings. The number of phenols is 1. The van der Waals surface area contributed by atoms with Gasteiger partial charge in [0.2, 0.25) is 0 Å². The van der Waals surface area contributed by atoms with Gasteiger partial charge < -0.3 is 5.11 Å². The minimum absolute atomic E-state index is 0.427. The van der Waals surface area contributed by atoms with Gasteiger partial charge in [0.1, 0.15) is 5.75 Å². The molecule has 0 heterocycles. The Bertz CT molecular complexity index is 266. The first kappa shape index (κ1) is 10.1. The first-order valence-corrected chi connectivity index (χ1v) is 4.89. The summed E-state index contributed by atoms with van der Waals surface area (Å²) in [5, 5.41) is 9.59. The summed E-state index contributed by atoms with van der Waals surface area (Å²) in [6.45, 7) is 6.57. The van der Waals surface area contributed by atoms with Crippen LogP contribution < -0.4 is 0 Å².